The van der Waals surface area contributed by atoms with E-state index in [0.717, 1.165) is 18.5 Å². The summed E-state index contributed by atoms with van der Waals surface area (Å²) in [5.41, 5.74) is 1.29. The zero-order chi connectivity index (χ0) is 22.6. The molecule has 1 atom stereocenters. The number of carbonyl (C=O) groups excluding carboxylic acids is 1. The van der Waals surface area contributed by atoms with Gasteiger partial charge in [0.05, 0.1) is 5.56 Å². The summed E-state index contributed by atoms with van der Waals surface area (Å²) in [6.45, 7) is 1.22. The van der Waals surface area contributed by atoms with Crippen LogP contribution in [0.4, 0.5) is 0 Å². The number of nitrogens with zero attached hydrogens (tertiary/aromatic N) is 6. The maximum atomic E-state index is 13.2. The third-order valence-electron chi connectivity index (χ3n) is 5.55. The smallest absolute Gasteiger partial charge is 0.255 e. The number of halogens is 1. The Morgan fingerprint density at radius 1 is 1.03 bits per heavy atom. The van der Waals surface area contributed by atoms with Crippen molar-refractivity contribution < 1.29 is 9.53 Å². The standard InChI is InChI=1S/C24H21ClN6O2/c25-19-5-7-20(8-6-19)33-23-22(26-11-12-27-23)18-3-1-13-30(16-18)24(32)17-4-9-21(28-15-17)31-14-2-10-29-31/h2,4-12,14-15,18H,1,3,13,16H2/t18-/m0/s1. The molecule has 166 valence electrons. The van der Waals surface area contributed by atoms with Crippen LogP contribution in [0, 0.1) is 0 Å². The minimum atomic E-state index is -0.0525. The predicted molar refractivity (Wildman–Crippen MR) is 123 cm³/mol. The number of aromatic nitrogens is 5. The summed E-state index contributed by atoms with van der Waals surface area (Å²) in [6.07, 6.45) is 10.1. The van der Waals surface area contributed by atoms with Gasteiger partial charge >= 0.3 is 0 Å². The average molecular weight is 461 g/mol. The predicted octanol–water partition coefficient (Wildman–Crippen LogP) is 4.52. The van der Waals surface area contributed by atoms with Crippen LogP contribution in [0.25, 0.3) is 5.82 Å². The third kappa shape index (κ3) is 4.70. The number of rotatable bonds is 5. The van der Waals surface area contributed by atoms with Gasteiger partial charge in [-0.1, -0.05) is 11.6 Å². The number of hydrogen-bond donors (Lipinski definition) is 0. The third-order valence-corrected chi connectivity index (χ3v) is 5.80. The summed E-state index contributed by atoms with van der Waals surface area (Å²) in [7, 11) is 0. The lowest BCUT2D eigenvalue weighted by Gasteiger charge is -2.32. The molecule has 4 aromatic rings. The van der Waals surface area contributed by atoms with E-state index in [1.165, 1.54) is 0 Å². The van der Waals surface area contributed by atoms with Gasteiger partial charge in [0.25, 0.3) is 5.91 Å². The summed E-state index contributed by atoms with van der Waals surface area (Å²) in [6, 6.07) is 12.5. The Balaban J connectivity index is 1.32. The molecule has 8 nitrogen and oxygen atoms in total. The van der Waals surface area contributed by atoms with E-state index >= 15 is 0 Å². The Morgan fingerprint density at radius 3 is 2.64 bits per heavy atom. The summed E-state index contributed by atoms with van der Waals surface area (Å²) in [5, 5.41) is 4.80. The van der Waals surface area contributed by atoms with E-state index in [-0.39, 0.29) is 11.8 Å². The van der Waals surface area contributed by atoms with E-state index in [4.69, 9.17) is 16.3 Å². The van der Waals surface area contributed by atoms with E-state index < -0.39 is 0 Å². The van der Waals surface area contributed by atoms with Crippen molar-refractivity contribution >= 4 is 17.5 Å². The molecule has 1 aliphatic rings. The molecule has 0 radical (unpaired) electrons. The molecule has 0 saturated carbocycles. The number of likely N-dealkylation sites (tertiary alicyclic amines) is 1. The van der Waals surface area contributed by atoms with Gasteiger partial charge in [-0.25, -0.2) is 14.6 Å². The van der Waals surface area contributed by atoms with Crippen molar-refractivity contribution in [2.75, 3.05) is 13.1 Å². The van der Waals surface area contributed by atoms with Crippen molar-refractivity contribution in [2.45, 2.75) is 18.8 Å². The van der Waals surface area contributed by atoms with Crippen molar-refractivity contribution in [3.8, 4) is 17.4 Å². The second-order valence-corrected chi connectivity index (χ2v) is 8.19. The van der Waals surface area contributed by atoms with Crippen molar-refractivity contribution in [2.24, 2.45) is 0 Å². The van der Waals surface area contributed by atoms with Gasteiger partial charge in [-0.2, -0.15) is 5.10 Å². The lowest BCUT2D eigenvalue weighted by Crippen LogP contribution is -2.39. The number of ether oxygens (including phenoxy) is 1. The van der Waals surface area contributed by atoms with E-state index in [0.29, 0.717) is 41.1 Å². The van der Waals surface area contributed by atoms with Gasteiger partial charge in [0, 0.05) is 55.0 Å². The summed E-state index contributed by atoms with van der Waals surface area (Å²) in [4.78, 5) is 28.3. The monoisotopic (exact) mass is 460 g/mol. The van der Waals surface area contributed by atoms with Gasteiger partial charge in [0.1, 0.15) is 11.4 Å². The molecule has 1 aromatic carbocycles. The van der Waals surface area contributed by atoms with Crippen molar-refractivity contribution in [3.63, 3.8) is 0 Å². The molecular weight excluding hydrogens is 440 g/mol. The molecule has 0 bridgehead atoms. The number of amides is 1. The first kappa shape index (κ1) is 21.1. The number of hydrogen-bond acceptors (Lipinski definition) is 6. The molecule has 9 heteroatoms. The van der Waals surface area contributed by atoms with E-state index in [1.54, 1.807) is 65.9 Å². The largest absolute Gasteiger partial charge is 0.437 e. The zero-order valence-corrected chi connectivity index (χ0v) is 18.5. The average Bonchev–Trinajstić information content (AvgIpc) is 3.41. The second kappa shape index (κ2) is 9.38. The van der Waals surface area contributed by atoms with Crippen molar-refractivity contribution in [3.05, 3.63) is 89.7 Å². The summed E-state index contributed by atoms with van der Waals surface area (Å²) >= 11 is 5.97. The van der Waals surface area contributed by atoms with Gasteiger partial charge in [-0.15, -0.1) is 0 Å². The van der Waals surface area contributed by atoms with Crippen molar-refractivity contribution in [1.82, 2.24) is 29.6 Å². The molecule has 0 aliphatic carbocycles. The van der Waals surface area contributed by atoms with Crippen LogP contribution in [-0.4, -0.2) is 48.6 Å². The molecular formula is C24H21ClN6O2. The Hall–Kier alpha value is -3.78. The molecule has 3 aromatic heterocycles. The number of benzene rings is 1. The molecule has 1 amide bonds. The first-order chi connectivity index (χ1) is 16.2. The normalized spacial score (nSPS) is 15.9. The highest BCUT2D eigenvalue weighted by Gasteiger charge is 2.29. The van der Waals surface area contributed by atoms with Gasteiger partial charge in [-0.05, 0) is 55.3 Å². The minimum absolute atomic E-state index is 0.0232. The molecule has 0 spiro atoms. The lowest BCUT2D eigenvalue weighted by atomic mass is 9.94. The topological polar surface area (TPSA) is 86.0 Å². The molecule has 1 fully saturated rings. The first-order valence-electron chi connectivity index (χ1n) is 10.7. The lowest BCUT2D eigenvalue weighted by molar-refractivity contribution is 0.0704. The van der Waals surface area contributed by atoms with Gasteiger partial charge < -0.3 is 9.64 Å². The van der Waals surface area contributed by atoms with Gasteiger partial charge in [0.15, 0.2) is 5.82 Å². The Kier molecular flexibility index (Phi) is 5.99. The van der Waals surface area contributed by atoms with Crippen LogP contribution in [0.15, 0.2) is 73.4 Å². The van der Waals surface area contributed by atoms with Gasteiger partial charge in [0.2, 0.25) is 5.88 Å². The minimum Gasteiger partial charge on any atom is -0.437 e. The molecule has 0 N–H and O–H groups in total. The molecule has 0 unspecified atom stereocenters. The maximum absolute atomic E-state index is 13.2. The van der Waals surface area contributed by atoms with E-state index in [9.17, 15) is 4.79 Å². The molecule has 1 aliphatic heterocycles. The first-order valence-corrected chi connectivity index (χ1v) is 11.0. The van der Waals surface area contributed by atoms with Crippen LogP contribution in [0.1, 0.15) is 34.8 Å². The van der Waals surface area contributed by atoms with Crippen LogP contribution >= 0.6 is 11.6 Å². The van der Waals surface area contributed by atoms with Crippen LogP contribution < -0.4 is 4.74 Å². The van der Waals surface area contributed by atoms with E-state index in [1.807, 2.05) is 17.2 Å². The Bertz CT molecular complexity index is 1230. The number of pyridine rings is 1. The Labute approximate surface area is 195 Å². The molecule has 1 saturated heterocycles. The maximum Gasteiger partial charge on any atom is 0.255 e. The van der Waals surface area contributed by atoms with Crippen LogP contribution in [0.5, 0.6) is 11.6 Å². The fourth-order valence-electron chi connectivity index (χ4n) is 3.93. The molecule has 33 heavy (non-hydrogen) atoms. The fourth-order valence-corrected chi connectivity index (χ4v) is 4.05. The highest BCUT2D eigenvalue weighted by molar-refractivity contribution is 6.30. The Morgan fingerprint density at radius 2 is 1.88 bits per heavy atom. The van der Waals surface area contributed by atoms with E-state index in [2.05, 4.69) is 20.1 Å². The number of carbonyl (C=O) groups is 1. The van der Waals surface area contributed by atoms with Crippen LogP contribution in [0.3, 0.4) is 0 Å². The number of piperidine rings is 1. The molecule has 5 rings (SSSR count). The highest BCUT2D eigenvalue weighted by atomic mass is 35.5. The SMILES string of the molecule is O=C(c1ccc(-n2cccn2)nc1)N1CCC[C@H](c2nccnc2Oc2ccc(Cl)cc2)C1. The van der Waals surface area contributed by atoms with Crippen molar-refractivity contribution in [1.29, 1.82) is 0 Å². The second-order valence-electron chi connectivity index (χ2n) is 7.75. The van der Waals surface area contributed by atoms with Gasteiger partial charge in [-0.3, -0.25) is 9.78 Å². The zero-order valence-electron chi connectivity index (χ0n) is 17.7. The van der Waals surface area contributed by atoms with Crippen LogP contribution in [-0.2, 0) is 0 Å². The quantitative estimate of drug-likeness (QED) is 0.435. The fraction of sp³-hybridized carbons (Fsp3) is 0.208. The summed E-state index contributed by atoms with van der Waals surface area (Å²) < 4.78 is 7.65. The highest BCUT2D eigenvalue weighted by Crippen LogP contribution is 2.33. The van der Waals surface area contributed by atoms with Crippen LogP contribution in [0.2, 0.25) is 5.02 Å². The molecule has 4 heterocycles. The summed E-state index contributed by atoms with van der Waals surface area (Å²) in [5.74, 6) is 1.72.